The molecule has 2 rings (SSSR count). The third-order valence-corrected chi connectivity index (χ3v) is 2.59. The van der Waals surface area contributed by atoms with Crippen molar-refractivity contribution in [1.29, 1.82) is 0 Å². The van der Waals surface area contributed by atoms with Gasteiger partial charge in [-0.3, -0.25) is 9.36 Å². The molecule has 0 aliphatic carbocycles. The highest BCUT2D eigenvalue weighted by molar-refractivity contribution is 5.77. The summed E-state index contributed by atoms with van der Waals surface area (Å²) in [4.78, 5) is 19.7. The van der Waals surface area contributed by atoms with E-state index in [0.29, 0.717) is 18.9 Å². The molecular weight excluding hydrogens is 218 g/mol. The average molecular weight is 233 g/mol. The molecule has 0 saturated heterocycles. The smallest absolute Gasteiger partial charge is 0.221 e. The van der Waals surface area contributed by atoms with Crippen LogP contribution < -0.4 is 11.1 Å². The fourth-order valence-electron chi connectivity index (χ4n) is 1.69. The number of carbonyl (C=O) groups is 1. The van der Waals surface area contributed by atoms with E-state index in [1.807, 2.05) is 13.0 Å². The van der Waals surface area contributed by atoms with E-state index in [-0.39, 0.29) is 5.91 Å². The lowest BCUT2D eigenvalue weighted by molar-refractivity contribution is -0.120. The van der Waals surface area contributed by atoms with Crippen LogP contribution in [0.4, 0.5) is 5.95 Å². The first-order valence-electron chi connectivity index (χ1n) is 5.40. The van der Waals surface area contributed by atoms with E-state index in [2.05, 4.69) is 15.3 Å². The molecule has 2 aromatic heterocycles. The third-order valence-electron chi connectivity index (χ3n) is 2.59. The molecule has 0 aliphatic rings. The summed E-state index contributed by atoms with van der Waals surface area (Å²) in [6.45, 7) is 2.43. The van der Waals surface area contributed by atoms with Gasteiger partial charge in [-0.25, -0.2) is 9.97 Å². The molecule has 0 aliphatic heterocycles. The number of nitrogens with two attached hydrogens (primary N) is 1. The van der Waals surface area contributed by atoms with Crippen molar-refractivity contribution < 1.29 is 4.79 Å². The Morgan fingerprint density at radius 2 is 2.35 bits per heavy atom. The lowest BCUT2D eigenvalue weighted by Gasteiger charge is -2.04. The van der Waals surface area contributed by atoms with Crippen LogP contribution in [-0.2, 0) is 11.3 Å². The van der Waals surface area contributed by atoms with Crippen LogP contribution in [0.25, 0.3) is 11.2 Å². The highest BCUT2D eigenvalue weighted by Gasteiger charge is 2.10. The first-order valence-corrected chi connectivity index (χ1v) is 5.40. The van der Waals surface area contributed by atoms with Crippen molar-refractivity contribution >= 4 is 23.0 Å². The second-order valence-electron chi connectivity index (χ2n) is 3.90. The Labute approximate surface area is 98.8 Å². The van der Waals surface area contributed by atoms with Crippen LogP contribution >= 0.6 is 0 Å². The normalized spacial score (nSPS) is 10.7. The number of hydrogen-bond acceptors (Lipinski definition) is 4. The van der Waals surface area contributed by atoms with Gasteiger partial charge < -0.3 is 11.1 Å². The number of hydrogen-bond donors (Lipinski definition) is 2. The summed E-state index contributed by atoms with van der Waals surface area (Å²) in [5, 5.41) is 2.57. The van der Waals surface area contributed by atoms with Gasteiger partial charge in [0, 0.05) is 26.2 Å². The Kier molecular flexibility index (Phi) is 2.95. The summed E-state index contributed by atoms with van der Waals surface area (Å²) in [7, 11) is 1.61. The molecule has 17 heavy (non-hydrogen) atoms. The second-order valence-corrected chi connectivity index (χ2v) is 3.90. The minimum Gasteiger partial charge on any atom is -0.369 e. The van der Waals surface area contributed by atoms with Gasteiger partial charge in [-0.1, -0.05) is 0 Å². The zero-order valence-corrected chi connectivity index (χ0v) is 9.90. The fourth-order valence-corrected chi connectivity index (χ4v) is 1.69. The van der Waals surface area contributed by atoms with Crippen LogP contribution in [0.2, 0.25) is 0 Å². The van der Waals surface area contributed by atoms with Crippen molar-refractivity contribution in [2.24, 2.45) is 0 Å². The number of rotatable bonds is 3. The number of fused-ring (bicyclic) bond motifs is 1. The van der Waals surface area contributed by atoms with E-state index in [0.717, 1.165) is 16.7 Å². The summed E-state index contributed by atoms with van der Waals surface area (Å²) in [6, 6.07) is 1.93. The zero-order valence-electron chi connectivity index (χ0n) is 9.90. The first-order chi connectivity index (χ1) is 8.11. The zero-order chi connectivity index (χ0) is 12.4. The summed E-state index contributed by atoms with van der Waals surface area (Å²) in [6.07, 6.45) is 2.13. The lowest BCUT2D eigenvalue weighted by atomic mass is 10.3. The maximum absolute atomic E-state index is 11.2. The van der Waals surface area contributed by atoms with E-state index in [4.69, 9.17) is 5.73 Å². The van der Waals surface area contributed by atoms with Gasteiger partial charge in [0.15, 0.2) is 5.65 Å². The molecule has 1 amide bonds. The molecule has 2 aromatic rings. The van der Waals surface area contributed by atoms with Crippen molar-refractivity contribution in [3.05, 3.63) is 17.8 Å². The second kappa shape index (κ2) is 4.40. The first kappa shape index (κ1) is 11.4. The molecule has 6 nitrogen and oxygen atoms in total. The Bertz CT molecular complexity index is 560. The molecule has 0 aromatic carbocycles. The molecule has 3 N–H and O–H groups in total. The Hall–Kier alpha value is -2.11. The Morgan fingerprint density at radius 1 is 1.59 bits per heavy atom. The molecule has 0 spiro atoms. The van der Waals surface area contributed by atoms with Crippen molar-refractivity contribution in [3.8, 4) is 0 Å². The van der Waals surface area contributed by atoms with E-state index in [1.165, 1.54) is 0 Å². The quantitative estimate of drug-likeness (QED) is 0.806. The average Bonchev–Trinajstić information content (AvgIpc) is 2.61. The molecule has 90 valence electrons. The monoisotopic (exact) mass is 233 g/mol. The van der Waals surface area contributed by atoms with Gasteiger partial charge in [0.2, 0.25) is 11.9 Å². The third kappa shape index (κ3) is 2.20. The Balaban J connectivity index is 2.33. The number of aryl methyl sites for hydroxylation is 2. The van der Waals surface area contributed by atoms with E-state index in [1.54, 1.807) is 17.8 Å². The van der Waals surface area contributed by atoms with Crippen molar-refractivity contribution in [1.82, 2.24) is 19.9 Å². The summed E-state index contributed by atoms with van der Waals surface area (Å²) in [5.41, 5.74) is 8.33. The summed E-state index contributed by atoms with van der Waals surface area (Å²) >= 11 is 0. The topological polar surface area (TPSA) is 85.8 Å². The molecule has 0 bridgehead atoms. The predicted octanol–water partition coefficient (Wildman–Crippen LogP) is 0.458. The molecule has 0 radical (unpaired) electrons. The number of pyridine rings is 1. The molecule has 0 unspecified atom stereocenters. The maximum Gasteiger partial charge on any atom is 0.221 e. The summed E-state index contributed by atoms with van der Waals surface area (Å²) < 4.78 is 1.75. The number of nitrogens with one attached hydrogen (secondary N) is 1. The van der Waals surface area contributed by atoms with Crippen molar-refractivity contribution in [2.75, 3.05) is 12.8 Å². The van der Waals surface area contributed by atoms with Gasteiger partial charge >= 0.3 is 0 Å². The largest absolute Gasteiger partial charge is 0.369 e. The number of carbonyl (C=O) groups excluding carboxylic acids is 1. The van der Waals surface area contributed by atoms with Gasteiger partial charge in [-0.2, -0.15) is 0 Å². The van der Waals surface area contributed by atoms with E-state index in [9.17, 15) is 4.79 Å². The van der Waals surface area contributed by atoms with Crippen molar-refractivity contribution in [3.63, 3.8) is 0 Å². The highest BCUT2D eigenvalue weighted by atomic mass is 16.1. The lowest BCUT2D eigenvalue weighted by Crippen LogP contribution is -2.20. The number of nitrogen functional groups attached to an aromatic ring is 1. The van der Waals surface area contributed by atoms with Crippen LogP contribution in [0.5, 0.6) is 0 Å². The van der Waals surface area contributed by atoms with Crippen molar-refractivity contribution in [2.45, 2.75) is 19.9 Å². The minimum atomic E-state index is -0.0293. The number of amides is 1. The molecule has 0 atom stereocenters. The fraction of sp³-hybridized carbons (Fsp3) is 0.364. The maximum atomic E-state index is 11.2. The minimum absolute atomic E-state index is 0.0293. The van der Waals surface area contributed by atoms with Gasteiger partial charge in [0.05, 0.1) is 0 Å². The van der Waals surface area contributed by atoms with Gasteiger partial charge in [-0.15, -0.1) is 0 Å². The standard InChI is InChI=1S/C11H15N5O/c1-7-5-8-10(14-6-7)16(11(12)15-8)4-3-9(17)13-2/h5-6H,3-4H2,1-2H3,(H2,12,15)(H,13,17). The van der Waals surface area contributed by atoms with E-state index >= 15 is 0 Å². The molecular formula is C11H15N5O. The Morgan fingerprint density at radius 3 is 3.06 bits per heavy atom. The number of aromatic nitrogens is 3. The van der Waals surface area contributed by atoms with Crippen LogP contribution in [0.15, 0.2) is 12.3 Å². The molecule has 0 fully saturated rings. The van der Waals surface area contributed by atoms with Crippen LogP contribution in [0.3, 0.4) is 0 Å². The molecule has 0 saturated carbocycles. The van der Waals surface area contributed by atoms with Gasteiger partial charge in [-0.05, 0) is 18.6 Å². The molecule has 6 heteroatoms. The molecule has 2 heterocycles. The van der Waals surface area contributed by atoms with Gasteiger partial charge in [0.25, 0.3) is 0 Å². The predicted molar refractivity (Wildman–Crippen MR) is 65.4 cm³/mol. The van der Waals surface area contributed by atoms with Gasteiger partial charge in [0.1, 0.15) is 5.52 Å². The number of imidazole rings is 1. The summed E-state index contributed by atoms with van der Waals surface area (Å²) in [5.74, 6) is 0.361. The van der Waals surface area contributed by atoms with Crippen LogP contribution in [-0.4, -0.2) is 27.5 Å². The van der Waals surface area contributed by atoms with E-state index < -0.39 is 0 Å². The highest BCUT2D eigenvalue weighted by Crippen LogP contribution is 2.16. The number of nitrogens with zero attached hydrogens (tertiary/aromatic N) is 3. The number of anilines is 1. The van der Waals surface area contributed by atoms with Crippen LogP contribution in [0.1, 0.15) is 12.0 Å². The SMILES string of the molecule is CNC(=O)CCn1c(N)nc2cc(C)cnc21. The van der Waals surface area contributed by atoms with Crippen LogP contribution in [0, 0.1) is 6.92 Å².